The first kappa shape index (κ1) is 23.7. The van der Waals surface area contributed by atoms with Gasteiger partial charge >= 0.3 is 5.97 Å². The molecule has 0 unspecified atom stereocenters. The summed E-state index contributed by atoms with van der Waals surface area (Å²) in [4.78, 5) is 26.6. The third-order valence-electron chi connectivity index (χ3n) is 4.22. The third kappa shape index (κ3) is 7.61. The van der Waals surface area contributed by atoms with Crippen molar-refractivity contribution in [3.8, 4) is 5.75 Å². The van der Waals surface area contributed by atoms with Gasteiger partial charge in [0.1, 0.15) is 12.4 Å². The number of nitrogens with zero attached hydrogens (tertiary/aromatic N) is 2. The number of nitro benzene ring substituents is 1. The molecule has 0 fully saturated rings. The van der Waals surface area contributed by atoms with Crippen molar-refractivity contribution in [2.24, 2.45) is 4.99 Å². The van der Waals surface area contributed by atoms with E-state index in [1.165, 1.54) is 29.8 Å². The number of anilines is 1. The van der Waals surface area contributed by atoms with Gasteiger partial charge in [0.2, 0.25) is 5.84 Å². The van der Waals surface area contributed by atoms with E-state index >= 15 is 0 Å². The Bertz CT molecular complexity index is 903. The van der Waals surface area contributed by atoms with E-state index < -0.39 is 10.9 Å². The van der Waals surface area contributed by atoms with Gasteiger partial charge in [-0.3, -0.25) is 26.0 Å². The molecular weight excluding hydrogens is 400 g/mol. The molecule has 0 radical (unpaired) electrons. The van der Waals surface area contributed by atoms with Crippen LogP contribution in [0, 0.1) is 10.1 Å². The molecule has 0 spiro atoms. The van der Waals surface area contributed by atoms with Crippen molar-refractivity contribution in [2.45, 2.75) is 33.1 Å². The van der Waals surface area contributed by atoms with Crippen molar-refractivity contribution in [2.75, 3.05) is 25.2 Å². The second-order valence-electron chi connectivity index (χ2n) is 7.63. The average molecular weight is 428 g/mol. The Morgan fingerprint density at radius 1 is 1.10 bits per heavy atom. The number of esters is 1. The van der Waals surface area contributed by atoms with Crippen LogP contribution in [0.25, 0.3) is 0 Å². The summed E-state index contributed by atoms with van der Waals surface area (Å²) < 4.78 is 10.7. The molecule has 31 heavy (non-hydrogen) atoms. The van der Waals surface area contributed by atoms with Crippen LogP contribution in [0.1, 0.15) is 33.3 Å². The van der Waals surface area contributed by atoms with E-state index in [0.29, 0.717) is 5.69 Å². The molecule has 9 nitrogen and oxygen atoms in total. The SMILES string of the molecule is CCOC(=O)C(=NCCOc1ccc(C(C)(C)C)cc1)NNc1ccc([N+](=O)[O-])cc1. The number of ether oxygens (including phenoxy) is 2. The molecule has 166 valence electrons. The first-order chi connectivity index (χ1) is 14.7. The zero-order chi connectivity index (χ0) is 22.9. The molecule has 0 amide bonds. The molecule has 2 rings (SSSR count). The summed E-state index contributed by atoms with van der Waals surface area (Å²) in [6.45, 7) is 8.84. The van der Waals surface area contributed by atoms with Gasteiger partial charge in [0.15, 0.2) is 0 Å². The number of non-ortho nitro benzene ring substituents is 1. The highest BCUT2D eigenvalue weighted by Gasteiger charge is 2.14. The van der Waals surface area contributed by atoms with Crippen LogP contribution in [0.15, 0.2) is 53.5 Å². The fourth-order valence-corrected chi connectivity index (χ4v) is 2.52. The second-order valence-corrected chi connectivity index (χ2v) is 7.63. The lowest BCUT2D eigenvalue weighted by Crippen LogP contribution is -2.37. The van der Waals surface area contributed by atoms with Crippen molar-refractivity contribution in [1.29, 1.82) is 0 Å². The molecule has 0 heterocycles. The summed E-state index contributed by atoms with van der Waals surface area (Å²) in [5.74, 6) is 0.0798. The average Bonchev–Trinajstić information content (AvgIpc) is 2.73. The summed E-state index contributed by atoms with van der Waals surface area (Å²) in [5.41, 5.74) is 7.25. The Hall–Kier alpha value is -3.62. The van der Waals surface area contributed by atoms with E-state index in [4.69, 9.17) is 9.47 Å². The highest BCUT2D eigenvalue weighted by Crippen LogP contribution is 2.24. The Balaban J connectivity index is 1.93. The molecule has 0 aliphatic rings. The number of carbonyl (C=O) groups excluding carboxylic acids is 1. The lowest BCUT2D eigenvalue weighted by molar-refractivity contribution is -0.384. The van der Waals surface area contributed by atoms with Crippen molar-refractivity contribution in [3.63, 3.8) is 0 Å². The first-order valence-corrected chi connectivity index (χ1v) is 9.92. The maximum atomic E-state index is 12.1. The molecule has 0 aliphatic carbocycles. The van der Waals surface area contributed by atoms with Crippen LogP contribution < -0.4 is 15.6 Å². The number of hydrazine groups is 1. The van der Waals surface area contributed by atoms with Crippen LogP contribution in [0.5, 0.6) is 5.75 Å². The van der Waals surface area contributed by atoms with Crippen LogP contribution in [-0.2, 0) is 14.9 Å². The maximum Gasteiger partial charge on any atom is 0.375 e. The Labute approximate surface area is 181 Å². The number of hydrogen-bond acceptors (Lipinski definition) is 7. The standard InChI is InChI=1S/C22H28N4O5/c1-5-30-21(27)20(25-24-17-8-10-18(11-9-17)26(28)29)23-14-15-31-19-12-6-16(7-13-19)22(2,3)4/h6-13,24H,5,14-15H2,1-4H3,(H,23,25). The fourth-order valence-electron chi connectivity index (χ4n) is 2.52. The van der Waals surface area contributed by atoms with E-state index in [2.05, 4.69) is 36.6 Å². The molecule has 0 saturated heterocycles. The Morgan fingerprint density at radius 3 is 2.29 bits per heavy atom. The number of aliphatic imine (C=N–C) groups is 1. The maximum absolute atomic E-state index is 12.1. The van der Waals surface area contributed by atoms with Crippen molar-refractivity contribution in [3.05, 3.63) is 64.2 Å². The predicted octanol–water partition coefficient (Wildman–Crippen LogP) is 3.85. The first-order valence-electron chi connectivity index (χ1n) is 9.92. The monoisotopic (exact) mass is 428 g/mol. The van der Waals surface area contributed by atoms with Gasteiger partial charge in [0, 0.05) is 12.1 Å². The lowest BCUT2D eigenvalue weighted by Gasteiger charge is -2.19. The van der Waals surface area contributed by atoms with E-state index in [9.17, 15) is 14.9 Å². The topological polar surface area (TPSA) is 115 Å². The van der Waals surface area contributed by atoms with Gasteiger partial charge in [0.05, 0.1) is 23.8 Å². The molecular formula is C22H28N4O5. The number of nitro groups is 1. The summed E-state index contributed by atoms with van der Waals surface area (Å²) in [7, 11) is 0. The van der Waals surface area contributed by atoms with Crippen LogP contribution in [-0.4, -0.2) is 36.5 Å². The predicted molar refractivity (Wildman–Crippen MR) is 119 cm³/mol. The van der Waals surface area contributed by atoms with Crippen molar-refractivity contribution < 1.29 is 19.2 Å². The lowest BCUT2D eigenvalue weighted by atomic mass is 9.87. The van der Waals surface area contributed by atoms with Crippen LogP contribution in [0.2, 0.25) is 0 Å². The second kappa shape index (κ2) is 11.0. The smallest absolute Gasteiger partial charge is 0.375 e. The zero-order valence-corrected chi connectivity index (χ0v) is 18.2. The molecule has 9 heteroatoms. The van der Waals surface area contributed by atoms with Gasteiger partial charge in [0.25, 0.3) is 5.69 Å². The van der Waals surface area contributed by atoms with Gasteiger partial charge in [-0.1, -0.05) is 32.9 Å². The summed E-state index contributed by atoms with van der Waals surface area (Å²) in [5, 5.41) is 10.7. The fraction of sp³-hybridized carbons (Fsp3) is 0.364. The number of rotatable bonds is 8. The molecule has 2 aromatic rings. The van der Waals surface area contributed by atoms with Gasteiger partial charge in [-0.2, -0.15) is 0 Å². The number of benzene rings is 2. The molecule has 0 aromatic heterocycles. The van der Waals surface area contributed by atoms with Gasteiger partial charge in [-0.05, 0) is 42.2 Å². The molecule has 0 bridgehead atoms. The minimum absolute atomic E-state index is 0.0214. The summed E-state index contributed by atoms with van der Waals surface area (Å²) in [6.07, 6.45) is 0. The van der Waals surface area contributed by atoms with Gasteiger partial charge < -0.3 is 9.47 Å². The third-order valence-corrected chi connectivity index (χ3v) is 4.22. The number of nitrogens with one attached hydrogen (secondary N) is 2. The van der Waals surface area contributed by atoms with E-state index in [1.54, 1.807) is 6.92 Å². The minimum atomic E-state index is -0.619. The normalized spacial score (nSPS) is 11.5. The van der Waals surface area contributed by atoms with E-state index in [1.807, 2.05) is 24.3 Å². The van der Waals surface area contributed by atoms with Crippen molar-refractivity contribution >= 4 is 23.2 Å². The van der Waals surface area contributed by atoms with Crippen molar-refractivity contribution in [1.82, 2.24) is 5.43 Å². The zero-order valence-electron chi connectivity index (χ0n) is 18.2. The van der Waals surface area contributed by atoms with Crippen LogP contribution in [0.3, 0.4) is 0 Å². The minimum Gasteiger partial charge on any atom is -0.492 e. The molecule has 2 N–H and O–H groups in total. The van der Waals surface area contributed by atoms with E-state index in [-0.39, 0.29) is 36.7 Å². The quantitative estimate of drug-likeness (QED) is 0.164. The molecule has 0 atom stereocenters. The van der Waals surface area contributed by atoms with Gasteiger partial charge in [-0.15, -0.1) is 0 Å². The van der Waals surface area contributed by atoms with Crippen LogP contribution in [0.4, 0.5) is 11.4 Å². The number of hydrogen-bond donors (Lipinski definition) is 2. The molecule has 2 aromatic carbocycles. The van der Waals surface area contributed by atoms with Gasteiger partial charge in [-0.25, -0.2) is 4.79 Å². The van der Waals surface area contributed by atoms with E-state index in [0.717, 1.165) is 5.75 Å². The summed E-state index contributed by atoms with van der Waals surface area (Å²) >= 11 is 0. The van der Waals surface area contributed by atoms with Crippen LogP contribution >= 0.6 is 0 Å². The number of carbonyl (C=O) groups is 1. The highest BCUT2D eigenvalue weighted by molar-refractivity contribution is 6.35. The Morgan fingerprint density at radius 2 is 1.74 bits per heavy atom. The summed E-state index contributed by atoms with van der Waals surface area (Å²) in [6, 6.07) is 13.6. The highest BCUT2D eigenvalue weighted by atomic mass is 16.6. The Kier molecular flexibility index (Phi) is 8.36. The molecule has 0 saturated carbocycles. The number of amidine groups is 1. The molecule has 0 aliphatic heterocycles. The largest absolute Gasteiger partial charge is 0.492 e.